The number of ether oxygens (including phenoxy) is 2. The summed E-state index contributed by atoms with van der Waals surface area (Å²) in [6.07, 6.45) is 0.726. The zero-order valence-electron chi connectivity index (χ0n) is 12.6. The molecule has 0 saturated carbocycles. The minimum absolute atomic E-state index is 0.0259. The van der Waals surface area contributed by atoms with Crippen LogP contribution in [0.5, 0.6) is 11.5 Å². The molecule has 3 nitrogen and oxygen atoms in total. The molecule has 0 fully saturated rings. The maximum absolute atomic E-state index is 13.0. The van der Waals surface area contributed by atoms with Crippen LogP contribution >= 0.6 is 0 Å². The summed E-state index contributed by atoms with van der Waals surface area (Å²) in [5.74, 6) is 0.928. The Labute approximate surface area is 125 Å². The van der Waals surface area contributed by atoms with Gasteiger partial charge in [-0.1, -0.05) is 43.3 Å². The van der Waals surface area contributed by atoms with E-state index in [4.69, 9.17) is 9.47 Å². The summed E-state index contributed by atoms with van der Waals surface area (Å²) >= 11 is 0. The van der Waals surface area contributed by atoms with E-state index in [1.807, 2.05) is 43.3 Å². The van der Waals surface area contributed by atoms with E-state index in [-0.39, 0.29) is 11.7 Å². The molecule has 0 aliphatic rings. The van der Waals surface area contributed by atoms with Crippen molar-refractivity contribution in [3.05, 3.63) is 59.7 Å². The lowest BCUT2D eigenvalue weighted by atomic mass is 9.88. The Balaban J connectivity index is 2.48. The molecule has 0 heterocycles. The van der Waals surface area contributed by atoms with Gasteiger partial charge in [0.1, 0.15) is 17.1 Å². The predicted octanol–water partition coefficient (Wildman–Crippen LogP) is 4.08. The van der Waals surface area contributed by atoms with Crippen molar-refractivity contribution in [1.82, 2.24) is 0 Å². The van der Waals surface area contributed by atoms with Crippen molar-refractivity contribution in [3.8, 4) is 11.5 Å². The second-order valence-corrected chi connectivity index (χ2v) is 4.77. The number of hydrogen-bond acceptors (Lipinski definition) is 3. The van der Waals surface area contributed by atoms with E-state index >= 15 is 0 Å². The van der Waals surface area contributed by atoms with Gasteiger partial charge in [0.2, 0.25) is 0 Å². The minimum Gasteiger partial charge on any atom is -0.496 e. The molecule has 0 aromatic heterocycles. The van der Waals surface area contributed by atoms with Crippen LogP contribution < -0.4 is 9.47 Å². The molecule has 0 N–H and O–H groups in total. The van der Waals surface area contributed by atoms with Crippen LogP contribution in [0.3, 0.4) is 0 Å². The maximum atomic E-state index is 13.0. The fourth-order valence-electron chi connectivity index (χ4n) is 2.53. The molecule has 1 atom stereocenters. The van der Waals surface area contributed by atoms with Crippen molar-refractivity contribution in [2.75, 3.05) is 14.2 Å². The van der Waals surface area contributed by atoms with Gasteiger partial charge in [0.15, 0.2) is 5.78 Å². The van der Waals surface area contributed by atoms with Crippen LogP contribution in [-0.2, 0) is 0 Å². The van der Waals surface area contributed by atoms with E-state index < -0.39 is 0 Å². The summed E-state index contributed by atoms with van der Waals surface area (Å²) in [4.78, 5) is 13.0. The molecule has 0 spiro atoms. The van der Waals surface area contributed by atoms with E-state index in [0.717, 1.165) is 12.0 Å². The van der Waals surface area contributed by atoms with Crippen molar-refractivity contribution in [1.29, 1.82) is 0 Å². The highest BCUT2D eigenvalue weighted by molar-refractivity contribution is 6.05. The third kappa shape index (κ3) is 3.07. The van der Waals surface area contributed by atoms with Gasteiger partial charge in [-0.25, -0.2) is 0 Å². The molecule has 3 heteroatoms. The summed E-state index contributed by atoms with van der Waals surface area (Å²) in [5, 5.41) is 0. The van der Waals surface area contributed by atoms with Gasteiger partial charge in [-0.15, -0.1) is 0 Å². The molecular weight excluding hydrogens is 264 g/mol. The Morgan fingerprint density at radius 3 is 2.00 bits per heavy atom. The Morgan fingerprint density at radius 2 is 1.52 bits per heavy atom. The SMILES string of the molecule is CCC(C(=O)c1c(OC)cccc1OC)c1ccccc1. The minimum atomic E-state index is -0.198. The van der Waals surface area contributed by atoms with Crippen LogP contribution in [0.2, 0.25) is 0 Å². The molecular formula is C18H20O3. The van der Waals surface area contributed by atoms with E-state index in [1.165, 1.54) is 0 Å². The van der Waals surface area contributed by atoms with Gasteiger partial charge in [-0.3, -0.25) is 4.79 Å². The largest absolute Gasteiger partial charge is 0.496 e. The number of benzene rings is 2. The first-order valence-electron chi connectivity index (χ1n) is 7.03. The van der Waals surface area contributed by atoms with Crippen LogP contribution in [0, 0.1) is 0 Å². The lowest BCUT2D eigenvalue weighted by Gasteiger charge is -2.18. The fraction of sp³-hybridized carbons (Fsp3) is 0.278. The third-order valence-corrected chi connectivity index (χ3v) is 3.60. The standard InChI is InChI=1S/C18H20O3/c1-4-14(13-9-6-5-7-10-13)18(19)17-15(20-2)11-8-12-16(17)21-3/h5-12,14H,4H2,1-3H3. The first-order valence-corrected chi connectivity index (χ1v) is 7.03. The summed E-state index contributed by atoms with van der Waals surface area (Å²) in [5.41, 5.74) is 1.52. The van der Waals surface area contributed by atoms with Crippen LogP contribution in [0.4, 0.5) is 0 Å². The smallest absolute Gasteiger partial charge is 0.177 e. The number of ketones is 1. The van der Waals surface area contributed by atoms with Crippen LogP contribution in [0.15, 0.2) is 48.5 Å². The van der Waals surface area contributed by atoms with E-state index in [2.05, 4.69) is 0 Å². The zero-order chi connectivity index (χ0) is 15.2. The van der Waals surface area contributed by atoms with Gasteiger partial charge in [0.05, 0.1) is 14.2 Å². The Hall–Kier alpha value is -2.29. The molecule has 2 aromatic rings. The van der Waals surface area contributed by atoms with Crippen molar-refractivity contribution < 1.29 is 14.3 Å². The molecule has 0 bridgehead atoms. The Bertz CT molecular complexity index is 583. The third-order valence-electron chi connectivity index (χ3n) is 3.60. The molecule has 2 aromatic carbocycles. The molecule has 2 rings (SSSR count). The zero-order valence-corrected chi connectivity index (χ0v) is 12.6. The first kappa shape index (κ1) is 15.1. The van der Waals surface area contributed by atoms with Crippen molar-refractivity contribution >= 4 is 5.78 Å². The summed E-state index contributed by atoms with van der Waals surface area (Å²) < 4.78 is 10.7. The monoisotopic (exact) mass is 284 g/mol. The topological polar surface area (TPSA) is 35.5 Å². The number of rotatable bonds is 6. The number of hydrogen-bond donors (Lipinski definition) is 0. The van der Waals surface area contributed by atoms with Crippen molar-refractivity contribution in [2.45, 2.75) is 19.3 Å². The highest BCUT2D eigenvalue weighted by Gasteiger charge is 2.26. The van der Waals surface area contributed by atoms with E-state index in [0.29, 0.717) is 17.1 Å². The molecule has 110 valence electrons. The Morgan fingerprint density at radius 1 is 0.952 bits per heavy atom. The van der Waals surface area contributed by atoms with Crippen molar-refractivity contribution in [2.24, 2.45) is 0 Å². The number of carbonyl (C=O) groups excluding carboxylic acids is 1. The van der Waals surface area contributed by atoms with Gasteiger partial charge < -0.3 is 9.47 Å². The highest BCUT2D eigenvalue weighted by Crippen LogP contribution is 2.34. The second-order valence-electron chi connectivity index (χ2n) is 4.77. The summed E-state index contributed by atoms with van der Waals surface area (Å²) in [6.45, 7) is 2.01. The van der Waals surface area contributed by atoms with Crippen LogP contribution in [0.1, 0.15) is 35.2 Å². The highest BCUT2D eigenvalue weighted by atomic mass is 16.5. The average molecular weight is 284 g/mol. The first-order chi connectivity index (χ1) is 10.2. The Kier molecular flexibility index (Phi) is 4.99. The summed E-state index contributed by atoms with van der Waals surface area (Å²) in [7, 11) is 3.13. The number of methoxy groups -OCH3 is 2. The molecule has 0 aliphatic heterocycles. The van der Waals surface area contributed by atoms with Gasteiger partial charge in [0, 0.05) is 5.92 Å². The molecule has 21 heavy (non-hydrogen) atoms. The van der Waals surface area contributed by atoms with Crippen LogP contribution in [0.25, 0.3) is 0 Å². The fourth-order valence-corrected chi connectivity index (χ4v) is 2.53. The van der Waals surface area contributed by atoms with Gasteiger partial charge in [0.25, 0.3) is 0 Å². The lowest BCUT2D eigenvalue weighted by Crippen LogP contribution is -2.14. The normalized spacial score (nSPS) is 11.8. The summed E-state index contributed by atoms with van der Waals surface area (Å²) in [6, 6.07) is 15.2. The van der Waals surface area contributed by atoms with Gasteiger partial charge in [-0.2, -0.15) is 0 Å². The number of Topliss-reactive ketones (excluding diaryl/α,β-unsaturated/α-hetero) is 1. The molecule has 0 radical (unpaired) electrons. The van der Waals surface area contributed by atoms with Crippen LogP contribution in [-0.4, -0.2) is 20.0 Å². The molecule has 0 saturated heterocycles. The van der Waals surface area contributed by atoms with E-state index in [1.54, 1.807) is 26.4 Å². The second kappa shape index (κ2) is 6.93. The average Bonchev–Trinajstić information content (AvgIpc) is 2.55. The quantitative estimate of drug-likeness (QED) is 0.750. The van der Waals surface area contributed by atoms with Gasteiger partial charge in [-0.05, 0) is 24.1 Å². The molecule has 0 aliphatic carbocycles. The molecule has 0 amide bonds. The maximum Gasteiger partial charge on any atom is 0.177 e. The lowest BCUT2D eigenvalue weighted by molar-refractivity contribution is 0.0951. The predicted molar refractivity (Wildman–Crippen MR) is 83.4 cm³/mol. The van der Waals surface area contributed by atoms with Crippen molar-refractivity contribution in [3.63, 3.8) is 0 Å². The number of carbonyl (C=O) groups is 1. The van der Waals surface area contributed by atoms with E-state index in [9.17, 15) is 4.79 Å². The molecule has 1 unspecified atom stereocenters. The van der Waals surface area contributed by atoms with Gasteiger partial charge >= 0.3 is 0 Å².